The summed E-state index contributed by atoms with van der Waals surface area (Å²) in [5.41, 5.74) is 1.77. The minimum atomic E-state index is -0.583. The molecule has 0 spiro atoms. The maximum atomic E-state index is 11.5. The van der Waals surface area contributed by atoms with Gasteiger partial charge in [-0.15, -0.1) is 0 Å². The quantitative estimate of drug-likeness (QED) is 0.277. The third-order valence-corrected chi connectivity index (χ3v) is 7.28. The van der Waals surface area contributed by atoms with Gasteiger partial charge in [0.2, 0.25) is 0 Å². The molecule has 0 unspecified atom stereocenters. The fraction of sp³-hybridized carbons (Fsp3) is 0.333. The van der Waals surface area contributed by atoms with Crippen LogP contribution >= 0.6 is 0 Å². The first kappa shape index (κ1) is 25.0. The third kappa shape index (κ3) is 13.7. The maximum absolute atomic E-state index is 11.5. The van der Waals surface area contributed by atoms with Gasteiger partial charge >= 0.3 is 68.6 Å². The van der Waals surface area contributed by atoms with E-state index in [9.17, 15) is 9.59 Å². The van der Waals surface area contributed by atoms with E-state index in [0.717, 1.165) is 31.1 Å². The van der Waals surface area contributed by atoms with Gasteiger partial charge in [0.05, 0.1) is 0 Å². The summed E-state index contributed by atoms with van der Waals surface area (Å²) < 4.78 is 12.1. The second-order valence-electron chi connectivity index (χ2n) is 7.00. The Labute approximate surface area is 184 Å². The van der Waals surface area contributed by atoms with Gasteiger partial charge in [-0.2, -0.15) is 0 Å². The Morgan fingerprint density at radius 2 is 1.07 bits per heavy atom. The summed E-state index contributed by atoms with van der Waals surface area (Å²) in [6, 6.07) is 18.6. The zero-order chi connectivity index (χ0) is 21.5. The summed E-state index contributed by atoms with van der Waals surface area (Å²) in [7, 11) is 0. The maximum Gasteiger partial charge on any atom is 0.331 e. The summed E-state index contributed by atoms with van der Waals surface area (Å²) in [6.45, 7) is 9.70. The van der Waals surface area contributed by atoms with Crippen LogP contribution in [0.2, 0.25) is 7.87 Å². The van der Waals surface area contributed by atoms with Gasteiger partial charge in [-0.1, -0.05) is 60.7 Å². The molecule has 0 N–H and O–H groups in total. The predicted octanol–water partition coefficient (Wildman–Crippen LogP) is 5.38. The summed E-state index contributed by atoms with van der Waals surface area (Å²) in [6.07, 6.45) is 2.13. The molecule has 2 radical (unpaired) electrons. The van der Waals surface area contributed by atoms with Crippen LogP contribution in [0.1, 0.15) is 38.8 Å². The van der Waals surface area contributed by atoms with Gasteiger partial charge < -0.3 is 9.47 Å². The van der Waals surface area contributed by atoms with Crippen LogP contribution in [0.15, 0.2) is 72.8 Å². The molecule has 0 bridgehead atoms. The van der Waals surface area contributed by atoms with E-state index in [2.05, 4.69) is 27.7 Å². The van der Waals surface area contributed by atoms with E-state index in [-0.39, 0.29) is 34.4 Å². The average Bonchev–Trinajstić information content (AvgIpc) is 2.70. The molecule has 0 fully saturated rings. The van der Waals surface area contributed by atoms with Crippen LogP contribution in [0.5, 0.6) is 0 Å². The molecule has 2 aromatic rings. The van der Waals surface area contributed by atoms with Gasteiger partial charge in [0.15, 0.2) is 0 Å². The zero-order valence-corrected chi connectivity index (χ0v) is 20.5. The van der Waals surface area contributed by atoms with Crippen molar-refractivity contribution >= 4 is 33.1 Å². The van der Waals surface area contributed by atoms with E-state index in [0.29, 0.717) is 0 Å². The first-order chi connectivity index (χ1) is 13.9. The average molecular weight is 501 g/mol. The van der Waals surface area contributed by atoms with Crippen molar-refractivity contribution in [2.24, 2.45) is 0 Å². The molecule has 0 aliphatic heterocycles. The van der Waals surface area contributed by atoms with E-state index in [1.54, 1.807) is 0 Å². The summed E-state index contributed by atoms with van der Waals surface area (Å²) in [5.74, 6) is -1.17. The van der Waals surface area contributed by atoms with Crippen molar-refractivity contribution in [2.75, 3.05) is 0 Å². The van der Waals surface area contributed by atoms with Crippen molar-refractivity contribution in [3.63, 3.8) is 0 Å². The number of ether oxygens (including phenoxy) is 2. The van der Waals surface area contributed by atoms with Gasteiger partial charge in [-0.25, -0.2) is 9.59 Å². The van der Waals surface area contributed by atoms with E-state index >= 15 is 0 Å². The number of rotatable bonds is 8. The van der Waals surface area contributed by atoms with Crippen molar-refractivity contribution < 1.29 is 19.1 Å². The van der Waals surface area contributed by atoms with Crippen molar-refractivity contribution in [3.05, 3.63) is 83.9 Å². The summed E-state index contributed by atoms with van der Waals surface area (Å²) in [4.78, 5) is 23.0. The first-order valence-electron chi connectivity index (χ1n) is 9.72. The van der Waals surface area contributed by atoms with Crippen LogP contribution in [-0.4, -0.2) is 33.1 Å². The molecule has 4 nitrogen and oxygen atoms in total. The number of hydrogen-bond donors (Lipinski definition) is 0. The van der Waals surface area contributed by atoms with Crippen LogP contribution < -0.4 is 0 Å². The predicted molar refractivity (Wildman–Crippen MR) is 118 cm³/mol. The number of carbonyl (C=O) groups is 2. The second kappa shape index (κ2) is 14.9. The molecule has 0 aliphatic rings. The van der Waals surface area contributed by atoms with Crippen LogP contribution in [0, 0.1) is 0 Å². The van der Waals surface area contributed by atoms with E-state index in [1.165, 1.54) is 0 Å². The van der Waals surface area contributed by atoms with Gasteiger partial charge in [0.1, 0.15) is 13.2 Å². The minimum Gasteiger partial charge on any atom is -0.458 e. The van der Waals surface area contributed by atoms with Gasteiger partial charge in [-0.05, 0) is 11.1 Å². The number of carbonyl (C=O) groups excluding carboxylic acids is 2. The van der Waals surface area contributed by atoms with Gasteiger partial charge in [0, 0.05) is 12.2 Å². The monoisotopic (exact) mass is 502 g/mol. The fourth-order valence-electron chi connectivity index (χ4n) is 2.36. The Bertz CT molecular complexity index is 676. The van der Waals surface area contributed by atoms with E-state index in [4.69, 9.17) is 9.47 Å². The van der Waals surface area contributed by atoms with Gasteiger partial charge in [0.25, 0.3) is 0 Å². The molecular weight excluding hydrogens is 471 g/mol. The molecule has 0 amide bonds. The first-order valence-corrected chi connectivity index (χ1v) is 13.0. The second-order valence-corrected chi connectivity index (χ2v) is 14.5. The molecule has 154 valence electrons. The van der Waals surface area contributed by atoms with Crippen LogP contribution in [-0.2, 0) is 32.3 Å². The smallest absolute Gasteiger partial charge is 0.331 e. The Morgan fingerprint density at radius 3 is 1.34 bits per heavy atom. The molecule has 0 atom stereocenters. The van der Waals surface area contributed by atoms with Crippen molar-refractivity contribution in [3.8, 4) is 0 Å². The largest absolute Gasteiger partial charge is 0.458 e. The molecule has 5 heteroatoms. The number of esters is 2. The molecule has 2 aromatic carbocycles. The van der Waals surface area contributed by atoms with Crippen molar-refractivity contribution in [2.45, 2.75) is 48.8 Å². The Kier molecular flexibility index (Phi) is 12.8. The standard InChI is InChI=1S/C18H16O4.2C3H7.Sn/c19-17(21-13-15-7-3-1-4-8-15)11-12-18(20)22-14-16-9-5-2-6-10-16;2*1-3-2;/h1-12H,13-14H2;2*3H,1-2H3;/b12-11-;;;. The molecule has 0 heterocycles. The molecule has 0 aliphatic carbocycles. The van der Waals surface area contributed by atoms with E-state index in [1.807, 2.05) is 60.7 Å². The normalized spacial score (nSPS) is 10.6. The third-order valence-electron chi connectivity index (χ3n) is 3.47. The minimum absolute atomic E-state index is 0.0389. The number of hydrogen-bond acceptors (Lipinski definition) is 4. The summed E-state index contributed by atoms with van der Waals surface area (Å²) in [5, 5.41) is 0. The van der Waals surface area contributed by atoms with E-state index < -0.39 is 11.9 Å². The summed E-state index contributed by atoms with van der Waals surface area (Å²) >= 11 is 0.0389. The van der Waals surface area contributed by atoms with Crippen molar-refractivity contribution in [1.29, 1.82) is 0 Å². The molecular formula is C24H30O4Sn. The van der Waals surface area contributed by atoms with Gasteiger partial charge in [-0.3, -0.25) is 0 Å². The van der Waals surface area contributed by atoms with Crippen LogP contribution in [0.4, 0.5) is 0 Å². The number of benzene rings is 2. The molecule has 0 aromatic heterocycles. The van der Waals surface area contributed by atoms with Crippen LogP contribution in [0.3, 0.4) is 0 Å². The zero-order valence-electron chi connectivity index (χ0n) is 17.6. The Hall–Kier alpha value is -2.08. The Balaban J connectivity index is 0.000000516. The Morgan fingerprint density at radius 1 is 0.724 bits per heavy atom. The fourth-order valence-corrected chi connectivity index (χ4v) is 6.16. The SMILES string of the molecule is C[CH](C)[Sn][CH](C)C.O=C(/C=C\C(=O)OCc1ccccc1)OCc1ccccc1. The molecule has 0 saturated heterocycles. The topological polar surface area (TPSA) is 52.6 Å². The molecule has 0 saturated carbocycles. The molecule has 2 rings (SSSR count). The van der Waals surface area contributed by atoms with Crippen LogP contribution in [0.25, 0.3) is 0 Å². The molecule has 29 heavy (non-hydrogen) atoms. The van der Waals surface area contributed by atoms with Crippen molar-refractivity contribution in [1.82, 2.24) is 0 Å².